The molecule has 6 heteroatoms. The minimum absolute atomic E-state index is 0.653. The van der Waals surface area contributed by atoms with Gasteiger partial charge in [0, 0.05) is 5.38 Å². The topological polar surface area (TPSA) is 76.2 Å². The lowest BCUT2D eigenvalue weighted by molar-refractivity contribution is -0.138. The Labute approximate surface area is 103 Å². The van der Waals surface area contributed by atoms with Gasteiger partial charge in [-0.15, -0.1) is 11.3 Å². The second-order valence-electron chi connectivity index (χ2n) is 3.91. The zero-order chi connectivity index (χ0) is 12.2. The van der Waals surface area contributed by atoms with Crippen molar-refractivity contribution in [3.05, 3.63) is 11.1 Å². The number of aryl methyl sites for hydroxylation is 1. The Morgan fingerprint density at radius 1 is 1.69 bits per heavy atom. The van der Waals surface area contributed by atoms with Crippen LogP contribution in [0.3, 0.4) is 0 Å². The van der Waals surface area contributed by atoms with Crippen molar-refractivity contribution in [2.24, 2.45) is 5.73 Å². The molecule has 0 fully saturated rings. The Balaban J connectivity index is 2.61. The van der Waals surface area contributed by atoms with Crippen LogP contribution in [0.5, 0.6) is 0 Å². The van der Waals surface area contributed by atoms with Gasteiger partial charge in [-0.3, -0.25) is 4.79 Å². The normalized spacial score (nSPS) is 11.7. The minimum Gasteiger partial charge on any atom is -0.480 e. The molecule has 0 aliphatic rings. The molecule has 0 amide bonds. The summed E-state index contributed by atoms with van der Waals surface area (Å²) in [7, 11) is 0. The van der Waals surface area contributed by atoms with E-state index in [4.69, 9.17) is 10.8 Å². The quantitative estimate of drug-likeness (QED) is 0.765. The highest BCUT2D eigenvalue weighted by Gasteiger charge is 2.29. The molecule has 0 atom stereocenters. The SMILES string of the molecule is CC(C)(Sc1nc(CCCN)cs1)C(=O)O. The zero-order valence-corrected chi connectivity index (χ0v) is 11.0. The first kappa shape index (κ1) is 13.5. The van der Waals surface area contributed by atoms with Gasteiger partial charge in [-0.05, 0) is 33.2 Å². The second kappa shape index (κ2) is 5.65. The van der Waals surface area contributed by atoms with E-state index in [0.717, 1.165) is 22.9 Å². The number of nitrogens with zero attached hydrogens (tertiary/aromatic N) is 1. The first-order chi connectivity index (χ1) is 7.45. The van der Waals surface area contributed by atoms with Crippen molar-refractivity contribution >= 4 is 29.1 Å². The maximum atomic E-state index is 10.9. The summed E-state index contributed by atoms with van der Waals surface area (Å²) in [5.74, 6) is -0.823. The van der Waals surface area contributed by atoms with Gasteiger partial charge in [0.15, 0.2) is 4.34 Å². The lowest BCUT2D eigenvalue weighted by atomic mass is 10.2. The molecule has 0 aliphatic heterocycles. The monoisotopic (exact) mass is 260 g/mol. The van der Waals surface area contributed by atoms with Gasteiger partial charge in [0.05, 0.1) is 5.69 Å². The molecule has 1 aromatic heterocycles. The van der Waals surface area contributed by atoms with Gasteiger partial charge in [-0.2, -0.15) is 0 Å². The number of nitrogens with two attached hydrogens (primary N) is 1. The van der Waals surface area contributed by atoms with E-state index in [-0.39, 0.29) is 0 Å². The van der Waals surface area contributed by atoms with Gasteiger partial charge in [-0.1, -0.05) is 11.8 Å². The van der Waals surface area contributed by atoms with Crippen molar-refractivity contribution < 1.29 is 9.90 Å². The average molecular weight is 260 g/mol. The molecule has 0 saturated carbocycles. The van der Waals surface area contributed by atoms with Gasteiger partial charge < -0.3 is 10.8 Å². The molecule has 0 radical (unpaired) electrons. The summed E-state index contributed by atoms with van der Waals surface area (Å²) in [6, 6.07) is 0. The molecule has 0 aromatic carbocycles. The summed E-state index contributed by atoms with van der Waals surface area (Å²) in [5.41, 5.74) is 6.42. The van der Waals surface area contributed by atoms with Crippen molar-refractivity contribution in [1.29, 1.82) is 0 Å². The summed E-state index contributed by atoms with van der Waals surface area (Å²) in [6.45, 7) is 4.02. The Morgan fingerprint density at radius 2 is 2.38 bits per heavy atom. The van der Waals surface area contributed by atoms with Crippen LogP contribution in [0.2, 0.25) is 0 Å². The van der Waals surface area contributed by atoms with Crippen LogP contribution in [-0.4, -0.2) is 27.4 Å². The first-order valence-electron chi connectivity index (χ1n) is 5.02. The fourth-order valence-corrected chi connectivity index (χ4v) is 3.22. The van der Waals surface area contributed by atoms with Crippen LogP contribution in [0.15, 0.2) is 9.72 Å². The Hall–Kier alpha value is -0.590. The van der Waals surface area contributed by atoms with Crippen LogP contribution in [0.1, 0.15) is 26.0 Å². The maximum absolute atomic E-state index is 10.9. The molecule has 4 nitrogen and oxygen atoms in total. The van der Waals surface area contributed by atoms with Crippen LogP contribution >= 0.6 is 23.1 Å². The van der Waals surface area contributed by atoms with Crippen LogP contribution in [0.25, 0.3) is 0 Å². The number of thioether (sulfide) groups is 1. The number of thiazole rings is 1. The number of rotatable bonds is 6. The highest BCUT2D eigenvalue weighted by molar-refractivity contribution is 8.02. The Bertz CT molecular complexity index is 363. The van der Waals surface area contributed by atoms with Gasteiger partial charge in [0.25, 0.3) is 0 Å². The third-order valence-electron chi connectivity index (χ3n) is 2.03. The minimum atomic E-state index is -0.830. The largest absolute Gasteiger partial charge is 0.480 e. The smallest absolute Gasteiger partial charge is 0.319 e. The first-order valence-corrected chi connectivity index (χ1v) is 6.72. The molecule has 1 aromatic rings. The molecule has 0 aliphatic carbocycles. The van der Waals surface area contributed by atoms with Crippen molar-refractivity contribution in [2.45, 2.75) is 35.8 Å². The van der Waals surface area contributed by atoms with E-state index in [1.807, 2.05) is 5.38 Å². The molecule has 1 heterocycles. The predicted octanol–water partition coefficient (Wildman–Crippen LogP) is 1.99. The van der Waals surface area contributed by atoms with Crippen molar-refractivity contribution in [3.8, 4) is 0 Å². The number of hydrogen-bond acceptors (Lipinski definition) is 5. The lowest BCUT2D eigenvalue weighted by Crippen LogP contribution is -2.26. The third kappa shape index (κ3) is 3.77. The van der Waals surface area contributed by atoms with E-state index in [1.165, 1.54) is 23.1 Å². The zero-order valence-electron chi connectivity index (χ0n) is 9.40. The van der Waals surface area contributed by atoms with E-state index in [2.05, 4.69) is 4.98 Å². The van der Waals surface area contributed by atoms with Crippen LogP contribution in [-0.2, 0) is 11.2 Å². The molecule has 0 saturated heterocycles. The predicted molar refractivity (Wildman–Crippen MR) is 67.1 cm³/mol. The van der Waals surface area contributed by atoms with Gasteiger partial charge in [-0.25, -0.2) is 4.98 Å². The molecular weight excluding hydrogens is 244 g/mol. The number of aliphatic carboxylic acids is 1. The molecular formula is C10H16N2O2S2. The van der Waals surface area contributed by atoms with Gasteiger partial charge in [0.2, 0.25) is 0 Å². The molecule has 0 unspecified atom stereocenters. The highest BCUT2D eigenvalue weighted by Crippen LogP contribution is 2.34. The maximum Gasteiger partial charge on any atom is 0.319 e. The number of carboxylic acid groups (broad SMARTS) is 1. The van der Waals surface area contributed by atoms with E-state index in [9.17, 15) is 4.79 Å². The fourth-order valence-electron chi connectivity index (χ4n) is 0.995. The summed E-state index contributed by atoms with van der Waals surface area (Å²) in [4.78, 5) is 15.3. The average Bonchev–Trinajstić information content (AvgIpc) is 2.61. The second-order valence-corrected chi connectivity index (χ2v) is 6.64. The van der Waals surface area contributed by atoms with Crippen molar-refractivity contribution in [1.82, 2.24) is 4.98 Å². The van der Waals surface area contributed by atoms with Crippen molar-refractivity contribution in [2.75, 3.05) is 6.54 Å². The lowest BCUT2D eigenvalue weighted by Gasteiger charge is -2.15. The number of hydrogen-bond donors (Lipinski definition) is 2. The standard InChI is InChI=1S/C10H16N2O2S2/c1-10(2,8(13)14)16-9-12-7(6-15-9)4-3-5-11/h6H,3-5,11H2,1-2H3,(H,13,14). The summed E-state index contributed by atoms with van der Waals surface area (Å²) < 4.78 is -0.0253. The number of aromatic nitrogens is 1. The van der Waals surface area contributed by atoms with Crippen LogP contribution in [0, 0.1) is 0 Å². The van der Waals surface area contributed by atoms with E-state index >= 15 is 0 Å². The fraction of sp³-hybridized carbons (Fsp3) is 0.600. The summed E-state index contributed by atoms with van der Waals surface area (Å²) >= 11 is 2.78. The molecule has 90 valence electrons. The van der Waals surface area contributed by atoms with Gasteiger partial charge >= 0.3 is 5.97 Å². The molecule has 0 bridgehead atoms. The van der Waals surface area contributed by atoms with Crippen LogP contribution < -0.4 is 5.73 Å². The Kier molecular flexibility index (Phi) is 4.76. The molecule has 0 spiro atoms. The van der Waals surface area contributed by atoms with Crippen LogP contribution in [0.4, 0.5) is 0 Å². The van der Waals surface area contributed by atoms with Crippen molar-refractivity contribution in [3.63, 3.8) is 0 Å². The van der Waals surface area contributed by atoms with E-state index in [0.29, 0.717) is 6.54 Å². The molecule has 16 heavy (non-hydrogen) atoms. The van der Waals surface area contributed by atoms with E-state index in [1.54, 1.807) is 13.8 Å². The van der Waals surface area contributed by atoms with Gasteiger partial charge in [0.1, 0.15) is 4.75 Å². The highest BCUT2D eigenvalue weighted by atomic mass is 32.2. The third-order valence-corrected chi connectivity index (χ3v) is 4.20. The number of carbonyl (C=O) groups is 1. The Morgan fingerprint density at radius 3 is 2.94 bits per heavy atom. The molecule has 3 N–H and O–H groups in total. The number of carboxylic acids is 1. The van der Waals surface area contributed by atoms with E-state index < -0.39 is 10.7 Å². The summed E-state index contributed by atoms with van der Waals surface area (Å²) in [5, 5.41) is 11.0. The molecule has 1 rings (SSSR count). The summed E-state index contributed by atoms with van der Waals surface area (Å²) in [6.07, 6.45) is 1.78.